The predicted octanol–water partition coefficient (Wildman–Crippen LogP) is 3.48. The van der Waals surface area contributed by atoms with E-state index in [4.69, 9.17) is 11.6 Å². The van der Waals surface area contributed by atoms with Crippen LogP contribution in [0.5, 0.6) is 0 Å². The van der Waals surface area contributed by atoms with Crippen LogP contribution >= 0.6 is 11.6 Å². The summed E-state index contributed by atoms with van der Waals surface area (Å²) in [6, 6.07) is 9.65. The SMILES string of the molecule is Cc1cc(F)ccc1S(=O)(=O)N1CCCCC1CCNC(=O)C(=O)Nc1ccc(Cl)cc1. The number of nitrogens with one attached hydrogen (secondary N) is 2. The summed E-state index contributed by atoms with van der Waals surface area (Å²) in [4.78, 5) is 24.3. The van der Waals surface area contributed by atoms with Crippen molar-refractivity contribution in [2.75, 3.05) is 18.4 Å². The van der Waals surface area contributed by atoms with Crippen LogP contribution in [0.3, 0.4) is 0 Å². The summed E-state index contributed by atoms with van der Waals surface area (Å²) in [5.41, 5.74) is 0.787. The fourth-order valence-corrected chi connectivity index (χ4v) is 5.82. The van der Waals surface area contributed by atoms with E-state index in [-0.39, 0.29) is 17.5 Å². The summed E-state index contributed by atoms with van der Waals surface area (Å²) in [6.07, 6.45) is 2.60. The van der Waals surface area contributed by atoms with Gasteiger partial charge >= 0.3 is 11.8 Å². The average Bonchev–Trinajstić information content (AvgIpc) is 2.75. The van der Waals surface area contributed by atoms with Crippen molar-refractivity contribution in [1.82, 2.24) is 9.62 Å². The second kappa shape index (κ2) is 10.4. The van der Waals surface area contributed by atoms with Crippen molar-refractivity contribution in [1.29, 1.82) is 0 Å². The van der Waals surface area contributed by atoms with Gasteiger partial charge in [0.2, 0.25) is 10.0 Å². The molecule has 0 aliphatic carbocycles. The Labute approximate surface area is 192 Å². The molecule has 1 unspecified atom stereocenters. The quantitative estimate of drug-likeness (QED) is 0.617. The van der Waals surface area contributed by atoms with Gasteiger partial charge in [-0.25, -0.2) is 12.8 Å². The summed E-state index contributed by atoms with van der Waals surface area (Å²) >= 11 is 5.80. The highest BCUT2D eigenvalue weighted by Crippen LogP contribution is 2.28. The van der Waals surface area contributed by atoms with Crippen LogP contribution in [0.2, 0.25) is 5.02 Å². The zero-order valence-corrected chi connectivity index (χ0v) is 19.2. The number of piperidine rings is 1. The first-order valence-corrected chi connectivity index (χ1v) is 12.1. The molecule has 10 heteroatoms. The summed E-state index contributed by atoms with van der Waals surface area (Å²) in [5.74, 6) is -2.11. The molecule has 0 radical (unpaired) electrons. The smallest absolute Gasteiger partial charge is 0.313 e. The van der Waals surface area contributed by atoms with Crippen molar-refractivity contribution in [3.63, 3.8) is 0 Å². The highest BCUT2D eigenvalue weighted by Gasteiger charge is 2.34. The van der Waals surface area contributed by atoms with Gasteiger partial charge in [-0.2, -0.15) is 4.31 Å². The largest absolute Gasteiger partial charge is 0.348 e. The third-order valence-corrected chi connectivity index (χ3v) is 7.73. The zero-order valence-electron chi connectivity index (χ0n) is 17.6. The maximum Gasteiger partial charge on any atom is 0.313 e. The molecule has 1 saturated heterocycles. The molecule has 2 amide bonds. The lowest BCUT2D eigenvalue weighted by molar-refractivity contribution is -0.136. The molecule has 1 fully saturated rings. The van der Waals surface area contributed by atoms with Crippen molar-refractivity contribution < 1.29 is 22.4 Å². The highest BCUT2D eigenvalue weighted by atomic mass is 35.5. The lowest BCUT2D eigenvalue weighted by Crippen LogP contribution is -2.46. The number of nitrogens with zero attached hydrogens (tertiary/aromatic N) is 1. The maximum atomic E-state index is 13.4. The predicted molar refractivity (Wildman–Crippen MR) is 120 cm³/mol. The minimum absolute atomic E-state index is 0.0807. The zero-order chi connectivity index (χ0) is 23.3. The lowest BCUT2D eigenvalue weighted by Gasteiger charge is -2.35. The van der Waals surface area contributed by atoms with E-state index in [1.807, 2.05) is 0 Å². The van der Waals surface area contributed by atoms with Crippen molar-refractivity contribution in [3.05, 3.63) is 58.9 Å². The van der Waals surface area contributed by atoms with Crippen LogP contribution < -0.4 is 10.6 Å². The molecule has 0 bridgehead atoms. The fraction of sp³-hybridized carbons (Fsp3) is 0.364. The number of hydrogen-bond donors (Lipinski definition) is 2. The van der Waals surface area contributed by atoms with Crippen molar-refractivity contribution >= 4 is 39.1 Å². The summed E-state index contributed by atoms with van der Waals surface area (Å²) < 4.78 is 41.3. The van der Waals surface area contributed by atoms with E-state index >= 15 is 0 Å². The Hall–Kier alpha value is -2.49. The first-order chi connectivity index (χ1) is 15.2. The van der Waals surface area contributed by atoms with Gasteiger partial charge in [-0.15, -0.1) is 0 Å². The summed E-state index contributed by atoms with van der Waals surface area (Å²) in [6.45, 7) is 2.06. The van der Waals surface area contributed by atoms with Gasteiger partial charge in [0.05, 0.1) is 4.90 Å². The molecule has 1 atom stereocenters. The van der Waals surface area contributed by atoms with Crippen LogP contribution in [-0.2, 0) is 19.6 Å². The van der Waals surface area contributed by atoms with Gasteiger partial charge in [0, 0.05) is 29.8 Å². The summed E-state index contributed by atoms with van der Waals surface area (Å²) in [5, 5.41) is 5.53. The van der Waals surface area contributed by atoms with E-state index in [1.165, 1.54) is 16.4 Å². The number of aryl methyl sites for hydroxylation is 1. The standard InChI is InChI=1S/C22H25ClFN3O4S/c1-15-14-17(24)7-10-20(15)32(30,31)27-13-3-2-4-19(27)11-12-25-21(28)22(29)26-18-8-5-16(23)6-9-18/h5-10,14,19H,2-4,11-13H2,1H3,(H,25,28)(H,26,29). The lowest BCUT2D eigenvalue weighted by atomic mass is 10.0. The van der Waals surface area contributed by atoms with Gasteiger partial charge in [-0.1, -0.05) is 18.0 Å². The number of carbonyl (C=O) groups is 2. The number of carbonyl (C=O) groups excluding carboxylic acids is 2. The van der Waals surface area contributed by atoms with E-state index < -0.39 is 27.7 Å². The van der Waals surface area contributed by atoms with Crippen molar-refractivity contribution in [2.45, 2.75) is 43.5 Å². The molecule has 0 spiro atoms. The van der Waals surface area contributed by atoms with E-state index in [9.17, 15) is 22.4 Å². The first-order valence-electron chi connectivity index (χ1n) is 10.3. The minimum atomic E-state index is -3.81. The molecule has 3 rings (SSSR count). The number of amides is 2. The Kier molecular flexibility index (Phi) is 7.86. The number of rotatable bonds is 6. The first kappa shape index (κ1) is 24.2. The molecule has 2 aromatic rings. The van der Waals surface area contributed by atoms with Crippen LogP contribution in [0.25, 0.3) is 0 Å². The molecule has 1 aliphatic heterocycles. The number of anilines is 1. The number of benzene rings is 2. The Morgan fingerprint density at radius 1 is 1.12 bits per heavy atom. The Balaban J connectivity index is 1.60. The number of sulfonamides is 1. The number of hydrogen-bond acceptors (Lipinski definition) is 4. The molecule has 0 saturated carbocycles. The Bertz CT molecular complexity index is 1090. The Morgan fingerprint density at radius 2 is 1.84 bits per heavy atom. The molecular weight excluding hydrogens is 457 g/mol. The number of halogens is 2. The van der Waals surface area contributed by atoms with Gasteiger partial charge in [-0.3, -0.25) is 9.59 Å². The molecular formula is C22H25ClFN3O4S. The molecule has 1 aliphatic rings. The second-order valence-corrected chi connectivity index (χ2v) is 9.98. The van der Waals surface area contributed by atoms with Crippen LogP contribution in [0, 0.1) is 12.7 Å². The van der Waals surface area contributed by atoms with Crippen molar-refractivity contribution in [2.24, 2.45) is 0 Å². The van der Waals surface area contributed by atoms with Crippen LogP contribution in [0.4, 0.5) is 10.1 Å². The molecule has 7 nitrogen and oxygen atoms in total. The van der Waals surface area contributed by atoms with E-state index in [0.29, 0.717) is 35.7 Å². The topological polar surface area (TPSA) is 95.6 Å². The molecule has 0 aromatic heterocycles. The van der Waals surface area contributed by atoms with Crippen LogP contribution in [-0.4, -0.2) is 43.7 Å². The van der Waals surface area contributed by atoms with E-state index in [1.54, 1.807) is 31.2 Å². The van der Waals surface area contributed by atoms with Crippen molar-refractivity contribution in [3.8, 4) is 0 Å². The normalized spacial score (nSPS) is 17.0. The third-order valence-electron chi connectivity index (χ3n) is 5.37. The second-order valence-electron chi connectivity index (χ2n) is 7.68. The van der Waals surface area contributed by atoms with Gasteiger partial charge in [0.15, 0.2) is 0 Å². The molecule has 1 heterocycles. The van der Waals surface area contributed by atoms with E-state index in [0.717, 1.165) is 18.9 Å². The van der Waals surface area contributed by atoms with Crippen LogP contribution in [0.1, 0.15) is 31.2 Å². The Morgan fingerprint density at radius 3 is 2.53 bits per heavy atom. The van der Waals surface area contributed by atoms with E-state index in [2.05, 4.69) is 10.6 Å². The minimum Gasteiger partial charge on any atom is -0.348 e. The van der Waals surface area contributed by atoms with Gasteiger partial charge in [0.1, 0.15) is 5.82 Å². The monoisotopic (exact) mass is 481 g/mol. The molecule has 32 heavy (non-hydrogen) atoms. The van der Waals surface area contributed by atoms with Gasteiger partial charge in [-0.05, 0) is 74.2 Å². The molecule has 2 aromatic carbocycles. The van der Waals surface area contributed by atoms with Gasteiger partial charge in [0.25, 0.3) is 0 Å². The molecule has 2 N–H and O–H groups in total. The third kappa shape index (κ3) is 5.85. The maximum absolute atomic E-state index is 13.4. The highest BCUT2D eigenvalue weighted by molar-refractivity contribution is 7.89. The van der Waals surface area contributed by atoms with Gasteiger partial charge < -0.3 is 10.6 Å². The fourth-order valence-electron chi connectivity index (χ4n) is 3.76. The molecule has 172 valence electrons. The summed E-state index contributed by atoms with van der Waals surface area (Å²) in [7, 11) is -3.81. The van der Waals surface area contributed by atoms with Crippen LogP contribution in [0.15, 0.2) is 47.4 Å². The average molecular weight is 482 g/mol.